The smallest absolute Gasteiger partial charge is 0.329 e. The quantitative estimate of drug-likeness (QED) is 0.140. The van der Waals surface area contributed by atoms with Crippen molar-refractivity contribution in [3.8, 4) is 11.5 Å². The van der Waals surface area contributed by atoms with E-state index in [4.69, 9.17) is 37.1 Å². The molecule has 0 saturated carbocycles. The lowest BCUT2D eigenvalue weighted by atomic mass is 10.2. The van der Waals surface area contributed by atoms with Crippen molar-refractivity contribution in [1.29, 1.82) is 0 Å². The Bertz CT molecular complexity index is 1280. The van der Waals surface area contributed by atoms with E-state index in [2.05, 4.69) is 21.2 Å². The standard InChI is InChI=1S/C23H19Cl2IN4O6/c1-34-19-8-13(10-28-30-23(33)22(32)27-11-15-3-2-6-35-15)7-18(26)21(19)36-12-20(31)29-14-4-5-16(24)17(25)9-14/h2-10H,11-12H2,1H3,(H,27,32)(H,29,31)(H,30,33)/b28-10-. The van der Waals surface area contributed by atoms with Gasteiger partial charge in [0, 0.05) is 5.69 Å². The van der Waals surface area contributed by atoms with E-state index in [-0.39, 0.29) is 13.2 Å². The zero-order valence-electron chi connectivity index (χ0n) is 18.6. The molecule has 13 heteroatoms. The summed E-state index contributed by atoms with van der Waals surface area (Å²) < 4.78 is 16.7. The van der Waals surface area contributed by atoms with Crippen LogP contribution in [0.5, 0.6) is 11.5 Å². The predicted molar refractivity (Wildman–Crippen MR) is 143 cm³/mol. The van der Waals surface area contributed by atoms with Gasteiger partial charge in [0.25, 0.3) is 5.91 Å². The van der Waals surface area contributed by atoms with E-state index in [0.29, 0.717) is 42.1 Å². The second-order valence-electron chi connectivity index (χ2n) is 6.96. The van der Waals surface area contributed by atoms with Gasteiger partial charge in [-0.25, -0.2) is 5.43 Å². The Morgan fingerprint density at radius 2 is 1.92 bits per heavy atom. The SMILES string of the molecule is COc1cc(/C=N\NC(=O)C(=O)NCc2ccco2)cc(I)c1OCC(=O)Nc1ccc(Cl)c(Cl)c1. The molecule has 0 atom stereocenters. The summed E-state index contributed by atoms with van der Waals surface area (Å²) >= 11 is 13.9. The first-order valence-corrected chi connectivity index (χ1v) is 12.0. The Morgan fingerprint density at radius 3 is 2.61 bits per heavy atom. The fraction of sp³-hybridized carbons (Fsp3) is 0.130. The van der Waals surface area contributed by atoms with Crippen molar-refractivity contribution in [1.82, 2.24) is 10.7 Å². The van der Waals surface area contributed by atoms with Gasteiger partial charge in [0.05, 0.1) is 39.7 Å². The number of carbonyl (C=O) groups excluding carboxylic acids is 3. The predicted octanol–water partition coefficient (Wildman–Crippen LogP) is 3.98. The highest BCUT2D eigenvalue weighted by atomic mass is 127. The van der Waals surface area contributed by atoms with E-state index in [9.17, 15) is 14.4 Å². The molecule has 0 aliphatic carbocycles. The van der Waals surface area contributed by atoms with E-state index >= 15 is 0 Å². The number of amides is 3. The van der Waals surface area contributed by atoms with Crippen LogP contribution in [0.25, 0.3) is 0 Å². The number of carbonyl (C=O) groups is 3. The van der Waals surface area contributed by atoms with Crippen LogP contribution in [0.2, 0.25) is 10.0 Å². The normalized spacial score (nSPS) is 10.7. The van der Waals surface area contributed by atoms with Crippen LogP contribution >= 0.6 is 45.8 Å². The van der Waals surface area contributed by atoms with Crippen molar-refractivity contribution >= 4 is 75.4 Å². The Labute approximate surface area is 229 Å². The number of rotatable bonds is 9. The first kappa shape index (κ1) is 27.3. The highest BCUT2D eigenvalue weighted by Gasteiger charge is 2.15. The third-order valence-electron chi connectivity index (χ3n) is 4.39. The molecule has 36 heavy (non-hydrogen) atoms. The van der Waals surface area contributed by atoms with E-state index in [1.54, 1.807) is 36.4 Å². The van der Waals surface area contributed by atoms with Gasteiger partial charge in [-0.15, -0.1) is 0 Å². The molecule has 0 spiro atoms. The molecule has 10 nitrogen and oxygen atoms in total. The summed E-state index contributed by atoms with van der Waals surface area (Å²) in [7, 11) is 1.44. The number of ether oxygens (including phenoxy) is 2. The molecular formula is C23H19Cl2IN4O6. The maximum Gasteiger partial charge on any atom is 0.329 e. The summed E-state index contributed by atoms with van der Waals surface area (Å²) in [6, 6.07) is 11.4. The van der Waals surface area contributed by atoms with Crippen LogP contribution in [-0.2, 0) is 20.9 Å². The summed E-state index contributed by atoms with van der Waals surface area (Å²) in [5, 5.41) is 9.56. The van der Waals surface area contributed by atoms with Gasteiger partial charge in [-0.1, -0.05) is 23.2 Å². The number of nitrogens with zero attached hydrogens (tertiary/aromatic N) is 1. The van der Waals surface area contributed by atoms with Crippen molar-refractivity contribution < 1.29 is 28.3 Å². The van der Waals surface area contributed by atoms with Gasteiger partial charge in [-0.2, -0.15) is 5.10 Å². The molecule has 2 aromatic carbocycles. The third kappa shape index (κ3) is 7.86. The number of benzene rings is 2. The second kappa shape index (κ2) is 13.1. The summed E-state index contributed by atoms with van der Waals surface area (Å²) in [4.78, 5) is 36.0. The molecule has 3 N–H and O–H groups in total. The van der Waals surface area contributed by atoms with Crippen LogP contribution in [0.3, 0.4) is 0 Å². The zero-order valence-corrected chi connectivity index (χ0v) is 22.3. The van der Waals surface area contributed by atoms with Crippen molar-refractivity contribution in [2.45, 2.75) is 6.54 Å². The van der Waals surface area contributed by atoms with Crippen LogP contribution in [0.1, 0.15) is 11.3 Å². The van der Waals surface area contributed by atoms with E-state index < -0.39 is 17.7 Å². The van der Waals surface area contributed by atoms with Crippen molar-refractivity contribution in [2.75, 3.05) is 19.0 Å². The summed E-state index contributed by atoms with van der Waals surface area (Å²) in [6.45, 7) is -0.214. The van der Waals surface area contributed by atoms with Crippen LogP contribution in [0.4, 0.5) is 5.69 Å². The summed E-state index contributed by atoms with van der Waals surface area (Å²) in [5.74, 6) is -1.01. The number of hydrogen-bond acceptors (Lipinski definition) is 7. The highest BCUT2D eigenvalue weighted by Crippen LogP contribution is 2.33. The van der Waals surface area contributed by atoms with Gasteiger partial charge in [-0.3, -0.25) is 14.4 Å². The largest absolute Gasteiger partial charge is 0.493 e. The average molecular weight is 645 g/mol. The number of furan rings is 1. The van der Waals surface area contributed by atoms with Crippen molar-refractivity contribution in [3.05, 3.63) is 73.7 Å². The first-order chi connectivity index (χ1) is 17.3. The molecule has 1 aromatic heterocycles. The second-order valence-corrected chi connectivity index (χ2v) is 8.94. The molecule has 0 aliphatic heterocycles. The van der Waals surface area contributed by atoms with Crippen LogP contribution < -0.4 is 25.5 Å². The fourth-order valence-electron chi connectivity index (χ4n) is 2.74. The van der Waals surface area contributed by atoms with Crippen LogP contribution in [0.15, 0.2) is 58.2 Å². The summed E-state index contributed by atoms with van der Waals surface area (Å²) in [6.07, 6.45) is 2.80. The van der Waals surface area contributed by atoms with Gasteiger partial charge < -0.3 is 24.5 Å². The zero-order chi connectivity index (χ0) is 26.1. The van der Waals surface area contributed by atoms with Gasteiger partial charge in [0.1, 0.15) is 5.76 Å². The molecule has 0 bridgehead atoms. The number of anilines is 1. The highest BCUT2D eigenvalue weighted by molar-refractivity contribution is 14.1. The van der Waals surface area contributed by atoms with E-state index in [0.717, 1.165) is 0 Å². The molecule has 3 amide bonds. The lowest BCUT2D eigenvalue weighted by molar-refractivity contribution is -0.139. The van der Waals surface area contributed by atoms with E-state index in [1.807, 2.05) is 22.6 Å². The Balaban J connectivity index is 1.55. The van der Waals surface area contributed by atoms with Crippen LogP contribution in [0, 0.1) is 3.57 Å². The molecule has 0 radical (unpaired) electrons. The molecule has 0 aliphatic rings. The lowest BCUT2D eigenvalue weighted by Gasteiger charge is -2.13. The fourth-order valence-corrected chi connectivity index (χ4v) is 3.82. The molecule has 3 rings (SSSR count). The van der Waals surface area contributed by atoms with Gasteiger partial charge >= 0.3 is 11.8 Å². The Kier molecular flexibility index (Phi) is 9.96. The van der Waals surface area contributed by atoms with Crippen LogP contribution in [-0.4, -0.2) is 37.7 Å². The van der Waals surface area contributed by atoms with Crippen molar-refractivity contribution in [2.24, 2.45) is 5.10 Å². The van der Waals surface area contributed by atoms with Gasteiger partial charge in [0.2, 0.25) is 0 Å². The molecule has 0 unspecified atom stereocenters. The number of methoxy groups -OCH3 is 1. The van der Waals surface area contributed by atoms with E-state index in [1.165, 1.54) is 25.7 Å². The van der Waals surface area contributed by atoms with Crippen molar-refractivity contribution in [3.63, 3.8) is 0 Å². The Hall–Kier alpha value is -3.29. The number of halogens is 3. The van der Waals surface area contributed by atoms with Gasteiger partial charge in [-0.05, 0) is 70.6 Å². The molecule has 0 saturated heterocycles. The minimum Gasteiger partial charge on any atom is -0.493 e. The number of hydrazone groups is 1. The monoisotopic (exact) mass is 644 g/mol. The molecule has 188 valence electrons. The number of hydrogen-bond donors (Lipinski definition) is 3. The lowest BCUT2D eigenvalue weighted by Crippen LogP contribution is -2.37. The Morgan fingerprint density at radius 1 is 1.11 bits per heavy atom. The molecule has 3 aromatic rings. The topological polar surface area (TPSA) is 131 Å². The summed E-state index contributed by atoms with van der Waals surface area (Å²) in [5.41, 5.74) is 3.18. The molecule has 0 fully saturated rings. The maximum atomic E-state index is 12.3. The third-order valence-corrected chi connectivity index (χ3v) is 5.93. The minimum atomic E-state index is -0.938. The minimum absolute atomic E-state index is 0.0747. The molecule has 1 heterocycles. The maximum absolute atomic E-state index is 12.3. The molecular weight excluding hydrogens is 626 g/mol. The number of nitrogens with one attached hydrogen (secondary N) is 3. The van der Waals surface area contributed by atoms with Gasteiger partial charge in [0.15, 0.2) is 18.1 Å². The first-order valence-electron chi connectivity index (χ1n) is 10.2. The average Bonchev–Trinajstić information content (AvgIpc) is 3.37.